The molecule has 0 radical (unpaired) electrons. The first-order valence-electron chi connectivity index (χ1n) is 7.23. The van der Waals surface area contributed by atoms with Gasteiger partial charge in [-0.05, 0) is 38.1 Å². The van der Waals surface area contributed by atoms with E-state index in [1.54, 1.807) is 7.11 Å². The number of methoxy groups -OCH3 is 1. The van der Waals surface area contributed by atoms with E-state index in [1.165, 1.54) is 32.1 Å². The molecule has 102 valence electrons. The monoisotopic (exact) mass is 242 g/mol. The van der Waals surface area contributed by atoms with Gasteiger partial charge in [-0.3, -0.25) is 4.90 Å². The predicted molar refractivity (Wildman–Crippen MR) is 73.1 cm³/mol. The standard InChI is InChI=1S/C14H30N2O/c1-4-13(5-2)16(9-10-17-3)14-8-6-7-12(14)11-15/h12-14H,4-11,15H2,1-3H3. The number of nitrogens with zero attached hydrogens (tertiary/aromatic N) is 1. The van der Waals surface area contributed by atoms with Crippen molar-refractivity contribution in [2.75, 3.05) is 26.8 Å². The average molecular weight is 242 g/mol. The molecule has 0 heterocycles. The van der Waals surface area contributed by atoms with E-state index in [2.05, 4.69) is 18.7 Å². The molecule has 2 unspecified atom stereocenters. The fourth-order valence-electron chi connectivity index (χ4n) is 3.30. The second-order valence-electron chi connectivity index (χ2n) is 5.19. The van der Waals surface area contributed by atoms with Crippen molar-refractivity contribution in [1.82, 2.24) is 4.90 Å². The third-order valence-corrected chi connectivity index (χ3v) is 4.31. The van der Waals surface area contributed by atoms with Crippen molar-refractivity contribution in [3.63, 3.8) is 0 Å². The highest BCUT2D eigenvalue weighted by Crippen LogP contribution is 2.31. The molecule has 3 heteroatoms. The molecule has 0 spiro atoms. The molecule has 17 heavy (non-hydrogen) atoms. The fraction of sp³-hybridized carbons (Fsp3) is 1.00. The zero-order valence-electron chi connectivity index (χ0n) is 11.8. The van der Waals surface area contributed by atoms with Crippen LogP contribution in [0.3, 0.4) is 0 Å². The van der Waals surface area contributed by atoms with Gasteiger partial charge in [0.1, 0.15) is 0 Å². The Morgan fingerprint density at radius 2 is 2.00 bits per heavy atom. The van der Waals surface area contributed by atoms with Gasteiger partial charge in [0.2, 0.25) is 0 Å². The van der Waals surface area contributed by atoms with E-state index in [-0.39, 0.29) is 0 Å². The van der Waals surface area contributed by atoms with E-state index in [1.807, 2.05) is 0 Å². The summed E-state index contributed by atoms with van der Waals surface area (Å²) in [4.78, 5) is 2.67. The van der Waals surface area contributed by atoms with Crippen LogP contribution in [0.2, 0.25) is 0 Å². The SMILES string of the molecule is CCC(CC)N(CCOC)C1CCCC1CN. The number of hydrogen-bond acceptors (Lipinski definition) is 3. The lowest BCUT2D eigenvalue weighted by Crippen LogP contribution is -2.47. The molecular weight excluding hydrogens is 212 g/mol. The molecule has 1 rings (SSSR count). The van der Waals surface area contributed by atoms with Crippen LogP contribution in [0.5, 0.6) is 0 Å². The van der Waals surface area contributed by atoms with Crippen molar-refractivity contribution >= 4 is 0 Å². The minimum Gasteiger partial charge on any atom is -0.383 e. The third kappa shape index (κ3) is 3.94. The zero-order chi connectivity index (χ0) is 12.7. The highest BCUT2D eigenvalue weighted by atomic mass is 16.5. The molecule has 0 aliphatic heterocycles. The van der Waals surface area contributed by atoms with Gasteiger partial charge in [-0.25, -0.2) is 0 Å². The average Bonchev–Trinajstić information content (AvgIpc) is 2.82. The number of rotatable bonds is 8. The molecule has 3 nitrogen and oxygen atoms in total. The fourth-order valence-corrected chi connectivity index (χ4v) is 3.30. The van der Waals surface area contributed by atoms with E-state index in [0.29, 0.717) is 18.0 Å². The van der Waals surface area contributed by atoms with E-state index >= 15 is 0 Å². The molecule has 0 aromatic rings. The Kier molecular flexibility index (Phi) is 7.09. The van der Waals surface area contributed by atoms with Gasteiger partial charge in [0.15, 0.2) is 0 Å². The molecule has 0 amide bonds. The lowest BCUT2D eigenvalue weighted by molar-refractivity contribution is 0.0646. The Labute approximate surface area is 107 Å². The Bertz CT molecular complexity index is 195. The van der Waals surface area contributed by atoms with Crippen LogP contribution in [0, 0.1) is 5.92 Å². The molecule has 1 aliphatic rings. The number of nitrogens with two attached hydrogens (primary N) is 1. The topological polar surface area (TPSA) is 38.5 Å². The van der Waals surface area contributed by atoms with Crippen LogP contribution < -0.4 is 5.73 Å². The smallest absolute Gasteiger partial charge is 0.0589 e. The summed E-state index contributed by atoms with van der Waals surface area (Å²) in [6.07, 6.45) is 6.44. The van der Waals surface area contributed by atoms with Crippen LogP contribution in [-0.4, -0.2) is 43.8 Å². The Morgan fingerprint density at radius 1 is 1.29 bits per heavy atom. The van der Waals surface area contributed by atoms with Gasteiger partial charge >= 0.3 is 0 Å². The highest BCUT2D eigenvalue weighted by Gasteiger charge is 2.33. The lowest BCUT2D eigenvalue weighted by Gasteiger charge is -2.38. The molecule has 1 fully saturated rings. The van der Waals surface area contributed by atoms with Gasteiger partial charge in [-0.2, -0.15) is 0 Å². The van der Waals surface area contributed by atoms with E-state index < -0.39 is 0 Å². The first-order valence-corrected chi connectivity index (χ1v) is 7.23. The van der Waals surface area contributed by atoms with Crippen LogP contribution in [-0.2, 0) is 4.74 Å². The van der Waals surface area contributed by atoms with Crippen molar-refractivity contribution in [3.8, 4) is 0 Å². The summed E-state index contributed by atoms with van der Waals surface area (Å²) >= 11 is 0. The summed E-state index contributed by atoms with van der Waals surface area (Å²) in [6, 6.07) is 1.39. The van der Waals surface area contributed by atoms with E-state index in [9.17, 15) is 0 Å². The zero-order valence-corrected chi connectivity index (χ0v) is 11.8. The quantitative estimate of drug-likeness (QED) is 0.709. The van der Waals surface area contributed by atoms with Crippen LogP contribution in [0.15, 0.2) is 0 Å². The van der Waals surface area contributed by atoms with Gasteiger partial charge in [0, 0.05) is 25.7 Å². The largest absolute Gasteiger partial charge is 0.383 e. The molecule has 2 atom stereocenters. The molecule has 0 aromatic heterocycles. The molecule has 0 saturated heterocycles. The minimum atomic E-state index is 0.694. The van der Waals surface area contributed by atoms with E-state index in [4.69, 9.17) is 10.5 Å². The lowest BCUT2D eigenvalue weighted by atomic mass is 9.98. The molecule has 2 N–H and O–H groups in total. The summed E-state index contributed by atoms with van der Waals surface area (Å²) in [6.45, 7) is 7.32. The maximum Gasteiger partial charge on any atom is 0.0589 e. The Morgan fingerprint density at radius 3 is 2.53 bits per heavy atom. The summed E-state index contributed by atoms with van der Waals surface area (Å²) in [5, 5.41) is 0. The minimum absolute atomic E-state index is 0.694. The van der Waals surface area contributed by atoms with Gasteiger partial charge in [-0.15, -0.1) is 0 Å². The highest BCUT2D eigenvalue weighted by molar-refractivity contribution is 4.88. The third-order valence-electron chi connectivity index (χ3n) is 4.31. The molecule has 0 bridgehead atoms. The maximum absolute atomic E-state index is 5.92. The van der Waals surface area contributed by atoms with E-state index in [0.717, 1.165) is 19.7 Å². The van der Waals surface area contributed by atoms with Gasteiger partial charge < -0.3 is 10.5 Å². The van der Waals surface area contributed by atoms with Crippen molar-refractivity contribution < 1.29 is 4.74 Å². The van der Waals surface area contributed by atoms with Crippen LogP contribution >= 0.6 is 0 Å². The summed E-state index contributed by atoms with van der Waals surface area (Å²) in [7, 11) is 1.79. The van der Waals surface area contributed by atoms with Crippen molar-refractivity contribution in [1.29, 1.82) is 0 Å². The van der Waals surface area contributed by atoms with Crippen LogP contribution in [0.25, 0.3) is 0 Å². The van der Waals surface area contributed by atoms with Crippen LogP contribution in [0.1, 0.15) is 46.0 Å². The first kappa shape index (κ1) is 14.9. The number of ether oxygens (including phenoxy) is 1. The van der Waals surface area contributed by atoms with Crippen molar-refractivity contribution in [2.45, 2.75) is 58.0 Å². The summed E-state index contributed by atoms with van der Waals surface area (Å²) in [5.41, 5.74) is 5.92. The Balaban J connectivity index is 2.66. The van der Waals surface area contributed by atoms with Gasteiger partial charge in [-0.1, -0.05) is 20.3 Å². The molecular formula is C14H30N2O. The first-order chi connectivity index (χ1) is 8.28. The Hall–Kier alpha value is -0.120. The molecule has 1 saturated carbocycles. The second kappa shape index (κ2) is 8.06. The van der Waals surface area contributed by atoms with Crippen molar-refractivity contribution in [2.24, 2.45) is 11.7 Å². The molecule has 0 aromatic carbocycles. The number of hydrogen-bond donors (Lipinski definition) is 1. The maximum atomic E-state index is 5.92. The summed E-state index contributed by atoms with van der Waals surface area (Å²) < 4.78 is 5.27. The normalized spacial score (nSPS) is 25.1. The second-order valence-corrected chi connectivity index (χ2v) is 5.19. The van der Waals surface area contributed by atoms with Gasteiger partial charge in [0.05, 0.1) is 6.61 Å². The summed E-state index contributed by atoms with van der Waals surface area (Å²) in [5.74, 6) is 0.701. The van der Waals surface area contributed by atoms with Gasteiger partial charge in [0.25, 0.3) is 0 Å². The molecule has 1 aliphatic carbocycles. The van der Waals surface area contributed by atoms with Crippen molar-refractivity contribution in [3.05, 3.63) is 0 Å². The van der Waals surface area contributed by atoms with Crippen LogP contribution in [0.4, 0.5) is 0 Å². The predicted octanol–water partition coefficient (Wildman–Crippen LogP) is 2.25.